The van der Waals surface area contributed by atoms with Crippen LogP contribution in [0.25, 0.3) is 0 Å². The molecule has 0 bridgehead atoms. The van der Waals surface area contributed by atoms with E-state index in [-0.39, 0.29) is 0 Å². The molecule has 1 aromatic heterocycles. The van der Waals surface area contributed by atoms with E-state index >= 15 is 0 Å². The van der Waals surface area contributed by atoms with Crippen LogP contribution in [0.2, 0.25) is 0 Å². The van der Waals surface area contributed by atoms with Crippen molar-refractivity contribution < 1.29 is 9.90 Å². The average molecular weight is 261 g/mol. The molecule has 1 aromatic carbocycles. The van der Waals surface area contributed by atoms with Crippen LogP contribution in [0, 0.1) is 13.8 Å². The van der Waals surface area contributed by atoms with Crippen LogP contribution in [0.15, 0.2) is 30.3 Å². The first-order chi connectivity index (χ1) is 8.56. The van der Waals surface area contributed by atoms with Crippen LogP contribution in [0.4, 0.5) is 5.69 Å². The van der Waals surface area contributed by atoms with Gasteiger partial charge in [-0.05, 0) is 43.2 Å². The molecule has 4 heteroatoms. The van der Waals surface area contributed by atoms with Crippen LogP contribution in [-0.4, -0.2) is 11.1 Å². The molecule has 2 N–H and O–H groups in total. The number of benzene rings is 1. The van der Waals surface area contributed by atoms with Gasteiger partial charge in [-0.3, -0.25) is 0 Å². The number of carboxylic acid groups (broad SMARTS) is 1. The summed E-state index contributed by atoms with van der Waals surface area (Å²) in [4.78, 5) is 12.3. The van der Waals surface area contributed by atoms with Gasteiger partial charge in [0.05, 0.1) is 0 Å². The summed E-state index contributed by atoms with van der Waals surface area (Å²) >= 11 is 1.32. The zero-order chi connectivity index (χ0) is 13.1. The van der Waals surface area contributed by atoms with E-state index in [1.807, 2.05) is 32.0 Å². The third-order valence-electron chi connectivity index (χ3n) is 2.73. The molecule has 2 rings (SSSR count). The second kappa shape index (κ2) is 5.23. The molecule has 0 saturated heterocycles. The van der Waals surface area contributed by atoms with Crippen LogP contribution in [-0.2, 0) is 6.54 Å². The van der Waals surface area contributed by atoms with Crippen molar-refractivity contribution in [2.45, 2.75) is 20.4 Å². The van der Waals surface area contributed by atoms with E-state index in [9.17, 15) is 4.79 Å². The molecule has 1 heterocycles. The van der Waals surface area contributed by atoms with Crippen molar-refractivity contribution in [2.75, 3.05) is 5.32 Å². The zero-order valence-electron chi connectivity index (χ0n) is 10.4. The highest BCUT2D eigenvalue weighted by Crippen LogP contribution is 2.22. The monoisotopic (exact) mass is 261 g/mol. The van der Waals surface area contributed by atoms with Gasteiger partial charge in [-0.1, -0.05) is 12.1 Å². The summed E-state index contributed by atoms with van der Waals surface area (Å²) in [6.45, 7) is 4.65. The quantitative estimate of drug-likeness (QED) is 0.882. The van der Waals surface area contributed by atoms with Gasteiger partial charge in [0.2, 0.25) is 0 Å². The Hall–Kier alpha value is -1.81. The molecule has 0 radical (unpaired) electrons. The molecule has 0 aliphatic heterocycles. The van der Waals surface area contributed by atoms with Crippen LogP contribution in [0.1, 0.15) is 25.7 Å². The van der Waals surface area contributed by atoms with Crippen LogP contribution < -0.4 is 5.32 Å². The molecule has 2 aromatic rings. The molecule has 0 aliphatic rings. The molecule has 18 heavy (non-hydrogen) atoms. The summed E-state index contributed by atoms with van der Waals surface area (Å²) in [7, 11) is 0. The first-order valence-electron chi connectivity index (χ1n) is 5.69. The second-order valence-corrected chi connectivity index (χ2v) is 5.48. The Morgan fingerprint density at radius 2 is 2.11 bits per heavy atom. The summed E-state index contributed by atoms with van der Waals surface area (Å²) < 4.78 is 0. The molecule has 0 amide bonds. The molecule has 94 valence electrons. The van der Waals surface area contributed by atoms with E-state index in [1.54, 1.807) is 6.07 Å². The second-order valence-electron chi connectivity index (χ2n) is 4.22. The van der Waals surface area contributed by atoms with Gasteiger partial charge in [0.1, 0.15) is 4.88 Å². The minimum absolute atomic E-state index is 0.397. The van der Waals surface area contributed by atoms with Crippen molar-refractivity contribution in [3.63, 3.8) is 0 Å². The molecular formula is C14H15NO2S. The van der Waals surface area contributed by atoms with Gasteiger partial charge >= 0.3 is 5.97 Å². The largest absolute Gasteiger partial charge is 0.477 e. The van der Waals surface area contributed by atoms with E-state index in [1.165, 1.54) is 16.9 Å². The van der Waals surface area contributed by atoms with Crippen molar-refractivity contribution >= 4 is 23.0 Å². The zero-order valence-corrected chi connectivity index (χ0v) is 11.2. The maximum Gasteiger partial charge on any atom is 0.345 e. The number of thiophene rings is 1. The lowest BCUT2D eigenvalue weighted by atomic mass is 10.2. The van der Waals surface area contributed by atoms with E-state index in [4.69, 9.17) is 5.11 Å². The van der Waals surface area contributed by atoms with Gasteiger partial charge in [-0.2, -0.15) is 0 Å². The van der Waals surface area contributed by atoms with Crippen molar-refractivity contribution in [2.24, 2.45) is 0 Å². The Bertz CT molecular complexity index is 575. The molecule has 0 atom stereocenters. The highest BCUT2D eigenvalue weighted by atomic mass is 32.1. The van der Waals surface area contributed by atoms with Crippen molar-refractivity contribution in [1.82, 2.24) is 0 Å². The lowest BCUT2D eigenvalue weighted by Crippen LogP contribution is -1.99. The third kappa shape index (κ3) is 2.90. The van der Waals surface area contributed by atoms with Crippen molar-refractivity contribution in [1.29, 1.82) is 0 Å². The van der Waals surface area contributed by atoms with Gasteiger partial charge < -0.3 is 10.4 Å². The number of hydrogen-bond acceptors (Lipinski definition) is 3. The first kappa shape index (κ1) is 12.6. The van der Waals surface area contributed by atoms with Crippen molar-refractivity contribution in [3.8, 4) is 0 Å². The number of hydrogen-bond donors (Lipinski definition) is 2. The first-order valence-corrected chi connectivity index (χ1v) is 6.51. The number of aryl methyl sites for hydroxylation is 2. The van der Waals surface area contributed by atoms with E-state index in [2.05, 4.69) is 11.4 Å². The fourth-order valence-corrected chi connectivity index (χ4v) is 2.63. The molecular weight excluding hydrogens is 246 g/mol. The van der Waals surface area contributed by atoms with Crippen LogP contribution >= 0.6 is 11.3 Å². The average Bonchev–Trinajstić information content (AvgIpc) is 2.68. The summed E-state index contributed by atoms with van der Waals surface area (Å²) in [5.41, 5.74) is 3.30. The highest BCUT2D eigenvalue weighted by molar-refractivity contribution is 7.14. The lowest BCUT2D eigenvalue weighted by Gasteiger charge is -2.06. The molecule has 0 unspecified atom stereocenters. The summed E-state index contributed by atoms with van der Waals surface area (Å²) in [6, 6.07) is 9.86. The maximum absolute atomic E-state index is 10.9. The Balaban J connectivity index is 2.08. The predicted octanol–water partition coefficient (Wildman–Crippen LogP) is 3.68. The normalized spacial score (nSPS) is 10.3. The Kier molecular flexibility index (Phi) is 3.67. The smallest absolute Gasteiger partial charge is 0.345 e. The molecule has 0 aliphatic carbocycles. The van der Waals surface area contributed by atoms with Crippen molar-refractivity contribution in [3.05, 3.63) is 51.2 Å². The molecule has 3 nitrogen and oxygen atoms in total. The summed E-state index contributed by atoms with van der Waals surface area (Å²) in [5.74, 6) is -0.857. The standard InChI is InChI=1S/C14H15NO2S/c1-9-4-3-5-12(6-9)15-8-11-7-13(14(16)17)18-10(11)2/h3-7,15H,8H2,1-2H3,(H,16,17). The minimum atomic E-state index is -0.857. The van der Waals surface area contributed by atoms with E-state index in [0.29, 0.717) is 11.4 Å². The maximum atomic E-state index is 10.9. The van der Waals surface area contributed by atoms with Gasteiger partial charge in [-0.15, -0.1) is 11.3 Å². The topological polar surface area (TPSA) is 49.3 Å². The molecule has 0 spiro atoms. The fraction of sp³-hybridized carbons (Fsp3) is 0.214. The third-order valence-corrected chi connectivity index (χ3v) is 3.81. The Labute approximate surface area is 110 Å². The molecule has 0 fully saturated rings. The number of nitrogens with one attached hydrogen (secondary N) is 1. The SMILES string of the molecule is Cc1cccc(NCc2cc(C(=O)O)sc2C)c1. The predicted molar refractivity (Wildman–Crippen MR) is 74.5 cm³/mol. The number of anilines is 1. The Morgan fingerprint density at radius 1 is 1.33 bits per heavy atom. The van der Waals surface area contributed by atoms with Crippen LogP contribution in [0.3, 0.4) is 0 Å². The Morgan fingerprint density at radius 3 is 2.72 bits per heavy atom. The number of aromatic carboxylic acids is 1. The lowest BCUT2D eigenvalue weighted by molar-refractivity contribution is 0.0702. The fourth-order valence-electron chi connectivity index (χ4n) is 1.75. The van der Waals surface area contributed by atoms with E-state index in [0.717, 1.165) is 16.1 Å². The minimum Gasteiger partial charge on any atom is -0.477 e. The van der Waals surface area contributed by atoms with Gasteiger partial charge in [-0.25, -0.2) is 4.79 Å². The van der Waals surface area contributed by atoms with Gasteiger partial charge in [0.15, 0.2) is 0 Å². The number of carbonyl (C=O) groups is 1. The van der Waals surface area contributed by atoms with Gasteiger partial charge in [0.25, 0.3) is 0 Å². The summed E-state index contributed by atoms with van der Waals surface area (Å²) in [6.07, 6.45) is 0. The van der Waals surface area contributed by atoms with Crippen LogP contribution in [0.5, 0.6) is 0 Å². The summed E-state index contributed by atoms with van der Waals surface area (Å²) in [5, 5.41) is 12.2. The van der Waals surface area contributed by atoms with E-state index < -0.39 is 5.97 Å². The molecule has 0 saturated carbocycles. The number of carboxylic acids is 1. The number of rotatable bonds is 4. The highest BCUT2D eigenvalue weighted by Gasteiger charge is 2.10. The van der Waals surface area contributed by atoms with Gasteiger partial charge in [0, 0.05) is 17.1 Å².